The van der Waals surface area contributed by atoms with Gasteiger partial charge in [0, 0.05) is 37.3 Å². The van der Waals surface area contributed by atoms with Crippen molar-refractivity contribution < 1.29 is 14.6 Å². The van der Waals surface area contributed by atoms with E-state index in [9.17, 15) is 5.11 Å². The number of benzene rings is 1. The Hall–Kier alpha value is -1.76. The van der Waals surface area contributed by atoms with Gasteiger partial charge in [-0.2, -0.15) is 5.10 Å². The summed E-state index contributed by atoms with van der Waals surface area (Å²) in [5.74, 6) is 1.46. The number of aromatic nitrogens is 2. The van der Waals surface area contributed by atoms with Crippen molar-refractivity contribution in [2.24, 2.45) is 0 Å². The summed E-state index contributed by atoms with van der Waals surface area (Å²) in [6, 6.07) is 5.78. The third-order valence-corrected chi connectivity index (χ3v) is 4.83. The highest BCUT2D eigenvalue weighted by Gasteiger charge is 2.21. The summed E-state index contributed by atoms with van der Waals surface area (Å²) < 4.78 is 12.8. The number of rotatable bonds is 3. The second-order valence-electron chi connectivity index (χ2n) is 6.32. The highest BCUT2D eigenvalue weighted by molar-refractivity contribution is 6.31. The van der Waals surface area contributed by atoms with Crippen molar-refractivity contribution >= 4 is 11.6 Å². The van der Waals surface area contributed by atoms with Crippen molar-refractivity contribution in [1.29, 1.82) is 0 Å². The number of aryl methyl sites for hydroxylation is 1. The second-order valence-corrected chi connectivity index (χ2v) is 6.73. The number of hydrogen-bond acceptors (Lipinski definition) is 5. The van der Waals surface area contributed by atoms with Gasteiger partial charge >= 0.3 is 0 Å². The molecule has 3 heterocycles. The van der Waals surface area contributed by atoms with Crippen LogP contribution in [0, 0.1) is 0 Å². The van der Waals surface area contributed by atoms with E-state index in [1.54, 1.807) is 6.92 Å². The molecule has 4 rings (SSSR count). The van der Waals surface area contributed by atoms with Crippen LogP contribution in [-0.4, -0.2) is 33.1 Å². The lowest BCUT2D eigenvalue weighted by Crippen LogP contribution is -2.23. The van der Waals surface area contributed by atoms with Crippen molar-refractivity contribution in [3.05, 3.63) is 40.2 Å². The first-order chi connectivity index (χ1) is 11.6. The van der Waals surface area contributed by atoms with Gasteiger partial charge in [-0.25, -0.2) is 0 Å². The molecule has 2 aliphatic heterocycles. The maximum Gasteiger partial charge on any atom is 0.231 e. The molecule has 24 heavy (non-hydrogen) atoms. The van der Waals surface area contributed by atoms with Crippen LogP contribution in [0.5, 0.6) is 11.5 Å². The fourth-order valence-electron chi connectivity index (χ4n) is 3.21. The number of ether oxygens (including phenoxy) is 2. The Bertz CT molecular complexity index is 760. The van der Waals surface area contributed by atoms with Gasteiger partial charge in [-0.15, -0.1) is 0 Å². The molecular formula is C17H20ClN3O3. The van der Waals surface area contributed by atoms with Crippen molar-refractivity contribution in [2.45, 2.75) is 39.1 Å². The minimum absolute atomic E-state index is 0.250. The first kappa shape index (κ1) is 15.7. The molecule has 1 aromatic carbocycles. The third kappa shape index (κ3) is 2.97. The van der Waals surface area contributed by atoms with Crippen molar-refractivity contribution in [1.82, 2.24) is 14.7 Å². The first-order valence-corrected chi connectivity index (χ1v) is 8.53. The van der Waals surface area contributed by atoms with Gasteiger partial charge in [0.25, 0.3) is 0 Å². The van der Waals surface area contributed by atoms with Crippen LogP contribution in [0.1, 0.15) is 36.4 Å². The van der Waals surface area contributed by atoms with Crippen LogP contribution in [0.3, 0.4) is 0 Å². The number of fused-ring (bicyclic) bond motifs is 2. The van der Waals surface area contributed by atoms with Crippen LogP contribution in [0.2, 0.25) is 5.02 Å². The molecule has 0 spiro atoms. The van der Waals surface area contributed by atoms with Crippen LogP contribution < -0.4 is 9.47 Å². The zero-order valence-electron chi connectivity index (χ0n) is 13.5. The lowest BCUT2D eigenvalue weighted by Gasteiger charge is -2.20. The van der Waals surface area contributed by atoms with Gasteiger partial charge in [0.1, 0.15) is 0 Å². The van der Waals surface area contributed by atoms with Crippen LogP contribution in [0.4, 0.5) is 0 Å². The number of aliphatic hydroxyl groups is 1. The average Bonchev–Trinajstić information content (AvgIpc) is 3.10. The Balaban J connectivity index is 1.54. The molecule has 0 radical (unpaired) electrons. The quantitative estimate of drug-likeness (QED) is 0.923. The zero-order valence-corrected chi connectivity index (χ0v) is 14.3. The van der Waals surface area contributed by atoms with Crippen molar-refractivity contribution in [3.8, 4) is 11.5 Å². The molecule has 0 amide bonds. The highest BCUT2D eigenvalue weighted by Crippen LogP contribution is 2.37. The summed E-state index contributed by atoms with van der Waals surface area (Å²) in [5.41, 5.74) is 2.89. The van der Waals surface area contributed by atoms with E-state index in [4.69, 9.17) is 21.1 Å². The third-order valence-electron chi connectivity index (χ3n) is 4.48. The monoisotopic (exact) mass is 349 g/mol. The standard InChI is InChI=1S/C17H20ClN3O3/c1-11(22)15-6-13-9-20(3-2-4-21(13)19-15)8-12-5-16-17(7-14(12)18)24-10-23-16/h5-7,11,22H,2-4,8-10H2,1H3/t11-/m0/s1. The summed E-state index contributed by atoms with van der Waals surface area (Å²) in [7, 11) is 0. The summed E-state index contributed by atoms with van der Waals surface area (Å²) in [4.78, 5) is 2.34. The summed E-state index contributed by atoms with van der Waals surface area (Å²) in [5, 5.41) is 14.9. The van der Waals surface area contributed by atoms with E-state index in [-0.39, 0.29) is 6.79 Å². The normalized spacial score (nSPS) is 18.3. The second kappa shape index (κ2) is 6.27. The molecule has 2 aliphatic rings. The van der Waals surface area contributed by atoms with Crippen LogP contribution in [-0.2, 0) is 19.6 Å². The van der Waals surface area contributed by atoms with E-state index >= 15 is 0 Å². The minimum Gasteiger partial charge on any atom is -0.454 e. The highest BCUT2D eigenvalue weighted by atomic mass is 35.5. The van der Waals surface area contributed by atoms with Crippen LogP contribution in [0.15, 0.2) is 18.2 Å². The summed E-state index contributed by atoms with van der Waals surface area (Å²) in [6.45, 7) is 5.35. The Morgan fingerprint density at radius 2 is 2.04 bits per heavy atom. The van der Waals surface area contributed by atoms with Crippen molar-refractivity contribution in [2.75, 3.05) is 13.3 Å². The van der Waals surface area contributed by atoms with Gasteiger partial charge in [0.15, 0.2) is 11.5 Å². The van der Waals surface area contributed by atoms with Crippen LogP contribution >= 0.6 is 11.6 Å². The summed E-state index contributed by atoms with van der Waals surface area (Å²) >= 11 is 6.40. The molecule has 0 saturated carbocycles. The van der Waals surface area contributed by atoms with E-state index in [1.165, 1.54) is 0 Å². The molecule has 0 saturated heterocycles. The molecule has 1 N–H and O–H groups in total. The van der Waals surface area contributed by atoms with Gasteiger partial charge in [-0.1, -0.05) is 11.6 Å². The topological polar surface area (TPSA) is 59.8 Å². The molecule has 0 aliphatic carbocycles. The van der Waals surface area contributed by atoms with E-state index in [0.29, 0.717) is 10.8 Å². The van der Waals surface area contributed by atoms with E-state index in [1.807, 2.05) is 22.9 Å². The van der Waals surface area contributed by atoms with Gasteiger partial charge in [-0.3, -0.25) is 9.58 Å². The van der Waals surface area contributed by atoms with Gasteiger partial charge in [0.05, 0.1) is 17.5 Å². The Morgan fingerprint density at radius 1 is 1.25 bits per heavy atom. The molecule has 0 bridgehead atoms. The van der Waals surface area contributed by atoms with E-state index < -0.39 is 6.10 Å². The van der Waals surface area contributed by atoms with Crippen molar-refractivity contribution in [3.63, 3.8) is 0 Å². The average molecular weight is 350 g/mol. The fraction of sp³-hybridized carbons (Fsp3) is 0.471. The molecule has 7 heteroatoms. The fourth-order valence-corrected chi connectivity index (χ4v) is 3.42. The van der Waals surface area contributed by atoms with Gasteiger partial charge < -0.3 is 14.6 Å². The molecule has 128 valence electrons. The molecule has 6 nitrogen and oxygen atoms in total. The molecule has 1 atom stereocenters. The van der Waals surface area contributed by atoms with E-state index in [2.05, 4.69) is 10.00 Å². The number of aliphatic hydroxyl groups excluding tert-OH is 1. The van der Waals surface area contributed by atoms with E-state index in [0.717, 1.165) is 55.3 Å². The molecular weight excluding hydrogens is 330 g/mol. The Labute approximate surface area is 145 Å². The smallest absolute Gasteiger partial charge is 0.231 e. The minimum atomic E-state index is -0.541. The lowest BCUT2D eigenvalue weighted by molar-refractivity contribution is 0.174. The summed E-state index contributed by atoms with van der Waals surface area (Å²) in [6.07, 6.45) is 0.469. The molecule has 0 unspecified atom stereocenters. The Kier molecular flexibility index (Phi) is 4.12. The Morgan fingerprint density at radius 3 is 2.83 bits per heavy atom. The molecule has 0 fully saturated rings. The largest absolute Gasteiger partial charge is 0.454 e. The van der Waals surface area contributed by atoms with Crippen LogP contribution in [0.25, 0.3) is 0 Å². The SMILES string of the molecule is C[C@H](O)c1cc2n(n1)CCCN(Cc1cc3c(cc1Cl)OCO3)C2. The maximum atomic E-state index is 9.74. The number of nitrogens with zero attached hydrogens (tertiary/aromatic N) is 3. The predicted molar refractivity (Wildman–Crippen MR) is 89.2 cm³/mol. The zero-order chi connectivity index (χ0) is 16.7. The molecule has 2 aromatic rings. The predicted octanol–water partition coefficient (Wildman–Crippen LogP) is 2.72. The maximum absolute atomic E-state index is 9.74. The van der Waals surface area contributed by atoms with Gasteiger partial charge in [-0.05, 0) is 31.0 Å². The van der Waals surface area contributed by atoms with Gasteiger partial charge in [0.2, 0.25) is 6.79 Å². The first-order valence-electron chi connectivity index (χ1n) is 8.15. The number of halogens is 1. The number of hydrogen-bond donors (Lipinski definition) is 1. The molecule has 1 aromatic heterocycles. The lowest BCUT2D eigenvalue weighted by atomic mass is 10.1.